The number of halogens is 1. The van der Waals surface area contributed by atoms with Gasteiger partial charge in [-0.05, 0) is 67.4 Å². The SMILES string of the molecule is CC(C)(C)c1ccc(O[P+](I)(Oc2ccc(C(C)(C)C)cc2C(C)(C)C)Oc2ccc(C(C)(C)C)cc2C(C)(C)C)c(C(C)(C)C)c1. The molecule has 0 spiro atoms. The van der Waals surface area contributed by atoms with Crippen molar-refractivity contribution >= 4 is 27.6 Å². The fourth-order valence-corrected chi connectivity index (χ4v) is 8.60. The van der Waals surface area contributed by atoms with Gasteiger partial charge in [-0.3, -0.25) is 13.6 Å². The second kappa shape index (κ2) is 13.2. The highest BCUT2D eigenvalue weighted by molar-refractivity contribution is 14.2. The average molecular weight is 774 g/mol. The summed E-state index contributed by atoms with van der Waals surface area (Å²) in [5, 5.41) is 0. The van der Waals surface area contributed by atoms with Crippen LogP contribution in [0, 0.1) is 0 Å². The van der Waals surface area contributed by atoms with Gasteiger partial charge in [0.1, 0.15) is 0 Å². The van der Waals surface area contributed by atoms with E-state index in [4.69, 9.17) is 13.6 Å². The van der Waals surface area contributed by atoms with E-state index in [2.05, 4.69) is 201 Å². The maximum absolute atomic E-state index is 7.12. The summed E-state index contributed by atoms with van der Waals surface area (Å²) < 4.78 is 21.4. The van der Waals surface area contributed by atoms with Crippen molar-refractivity contribution in [3.63, 3.8) is 0 Å². The molecule has 0 unspecified atom stereocenters. The van der Waals surface area contributed by atoms with Crippen LogP contribution in [0.25, 0.3) is 0 Å². The van der Waals surface area contributed by atoms with Crippen LogP contribution in [-0.4, -0.2) is 0 Å². The molecule has 0 atom stereocenters. The molecule has 47 heavy (non-hydrogen) atoms. The second-order valence-electron chi connectivity index (χ2n) is 19.3. The third-order valence-corrected chi connectivity index (χ3v) is 11.6. The van der Waals surface area contributed by atoms with Crippen molar-refractivity contribution in [1.29, 1.82) is 0 Å². The molecule has 0 aliphatic carbocycles. The maximum Gasteiger partial charge on any atom is 0.607 e. The molecule has 0 aliphatic heterocycles. The molecule has 0 N–H and O–H groups in total. The fourth-order valence-electron chi connectivity index (χ4n) is 5.39. The van der Waals surface area contributed by atoms with E-state index in [1.807, 2.05) is 0 Å². The van der Waals surface area contributed by atoms with E-state index in [9.17, 15) is 0 Å². The summed E-state index contributed by atoms with van der Waals surface area (Å²) in [5.41, 5.74) is 3.65. The number of rotatable bonds is 6. The van der Waals surface area contributed by atoms with Gasteiger partial charge in [0.25, 0.3) is 22.0 Å². The molecule has 3 nitrogen and oxygen atoms in total. The number of hydrogen-bond acceptors (Lipinski definition) is 3. The minimum absolute atomic E-state index is 0.00884. The lowest BCUT2D eigenvalue weighted by Gasteiger charge is -2.30. The van der Waals surface area contributed by atoms with E-state index in [-0.39, 0.29) is 32.5 Å². The topological polar surface area (TPSA) is 27.7 Å². The van der Waals surface area contributed by atoms with E-state index in [0.717, 1.165) is 33.9 Å². The van der Waals surface area contributed by atoms with Crippen molar-refractivity contribution < 1.29 is 13.6 Å². The predicted octanol–water partition coefficient (Wildman–Crippen LogP) is 14.1. The van der Waals surface area contributed by atoms with Crippen molar-refractivity contribution in [1.82, 2.24) is 0 Å². The predicted molar refractivity (Wildman–Crippen MR) is 214 cm³/mol. The molecule has 0 saturated heterocycles. The lowest BCUT2D eigenvalue weighted by atomic mass is 9.80. The molecule has 3 rings (SSSR count). The Hall–Kier alpha value is -1.78. The molecule has 3 aromatic carbocycles. The molecule has 0 fully saturated rings. The Labute approximate surface area is 302 Å². The van der Waals surface area contributed by atoms with Gasteiger partial charge in [0.15, 0.2) is 17.2 Å². The normalized spacial score (nSPS) is 13.9. The third kappa shape index (κ3) is 10.1. The lowest BCUT2D eigenvalue weighted by Crippen LogP contribution is -2.21. The van der Waals surface area contributed by atoms with E-state index in [1.54, 1.807) is 0 Å². The molecule has 0 saturated carbocycles. The van der Waals surface area contributed by atoms with Gasteiger partial charge in [-0.25, -0.2) is 0 Å². The van der Waals surface area contributed by atoms with Crippen molar-refractivity contribution in [2.75, 3.05) is 0 Å². The Kier molecular flexibility index (Phi) is 11.1. The average Bonchev–Trinajstić information content (AvgIpc) is 2.85. The van der Waals surface area contributed by atoms with E-state index >= 15 is 0 Å². The van der Waals surface area contributed by atoms with Crippen molar-refractivity contribution in [3.8, 4) is 17.2 Å². The van der Waals surface area contributed by atoms with Crippen molar-refractivity contribution in [2.45, 2.75) is 157 Å². The standard InChI is InChI=1S/C42H63IO3P/c1-37(2,3)28-19-22-34(31(25-28)40(10,11)12)44-47(43,45-35-23-20-29(38(4,5)6)26-32(35)41(13,14)15)46-36-24-21-30(39(7,8)9)27-33(36)42(16,17)18/h19-27H,1-18H3/q+1. The molecule has 260 valence electrons. The van der Waals surface area contributed by atoms with Crippen LogP contribution in [0.4, 0.5) is 0 Å². The molecule has 0 heterocycles. The summed E-state index contributed by atoms with van der Waals surface area (Å²) in [6, 6.07) is 19.8. The molecule has 5 heteroatoms. The van der Waals surface area contributed by atoms with Crippen LogP contribution in [0.3, 0.4) is 0 Å². The van der Waals surface area contributed by atoms with Crippen LogP contribution >= 0.6 is 27.6 Å². The quantitative estimate of drug-likeness (QED) is 0.184. The van der Waals surface area contributed by atoms with E-state index in [1.165, 1.54) is 16.7 Å². The summed E-state index contributed by atoms with van der Waals surface area (Å²) in [5.74, 6) is 2.38. The monoisotopic (exact) mass is 773 g/mol. The van der Waals surface area contributed by atoms with Crippen LogP contribution < -0.4 is 13.6 Å². The van der Waals surface area contributed by atoms with Gasteiger partial charge >= 0.3 is 5.59 Å². The fraction of sp³-hybridized carbons (Fsp3) is 0.571. The third-order valence-electron chi connectivity index (χ3n) is 8.58. The van der Waals surface area contributed by atoms with E-state index in [0.29, 0.717) is 0 Å². The van der Waals surface area contributed by atoms with Crippen LogP contribution in [0.1, 0.15) is 158 Å². The minimum atomic E-state index is -3.12. The Balaban J connectivity index is 2.31. The van der Waals surface area contributed by atoms with Crippen LogP contribution in [0.2, 0.25) is 0 Å². The first-order chi connectivity index (χ1) is 20.9. The van der Waals surface area contributed by atoms with Crippen LogP contribution in [-0.2, 0) is 32.5 Å². The minimum Gasteiger partial charge on any atom is -0.265 e. The summed E-state index contributed by atoms with van der Waals surface area (Å²) >= 11 is 2.34. The largest absolute Gasteiger partial charge is 0.607 e. The first-order valence-corrected chi connectivity index (χ1v) is 21.4. The lowest BCUT2D eigenvalue weighted by molar-refractivity contribution is 0.368. The van der Waals surface area contributed by atoms with Crippen molar-refractivity contribution in [3.05, 3.63) is 88.0 Å². The summed E-state index contributed by atoms with van der Waals surface area (Å²) in [4.78, 5) is 0. The van der Waals surface area contributed by atoms with Crippen LogP contribution in [0.15, 0.2) is 54.6 Å². The first kappa shape index (κ1) is 39.7. The molecule has 0 aliphatic rings. The Morgan fingerprint density at radius 3 is 0.745 bits per heavy atom. The second-order valence-corrected chi connectivity index (χ2v) is 24.3. The van der Waals surface area contributed by atoms with Gasteiger partial charge < -0.3 is 0 Å². The van der Waals surface area contributed by atoms with Gasteiger partial charge in [-0.15, -0.1) is 0 Å². The summed E-state index contributed by atoms with van der Waals surface area (Å²) in [6.07, 6.45) is 0. The molecule has 0 aromatic heterocycles. The first-order valence-electron chi connectivity index (χ1n) is 17.0. The van der Waals surface area contributed by atoms with Gasteiger partial charge in [0, 0.05) is 16.7 Å². The molecular weight excluding hydrogens is 710 g/mol. The van der Waals surface area contributed by atoms with Gasteiger partial charge in [-0.2, -0.15) is 0 Å². The molecule has 0 amide bonds. The van der Waals surface area contributed by atoms with Gasteiger partial charge in [0.2, 0.25) is 0 Å². The zero-order valence-corrected chi connectivity index (χ0v) is 35.8. The maximum atomic E-state index is 7.12. The zero-order valence-electron chi connectivity index (χ0n) is 32.7. The highest BCUT2D eigenvalue weighted by atomic mass is 127. The Morgan fingerprint density at radius 1 is 0.362 bits per heavy atom. The highest BCUT2D eigenvalue weighted by Crippen LogP contribution is 2.69. The molecular formula is C42H63IO3P+. The van der Waals surface area contributed by atoms with Gasteiger partial charge in [-0.1, -0.05) is 161 Å². The summed E-state index contributed by atoms with van der Waals surface area (Å²) in [7, 11) is 0. The van der Waals surface area contributed by atoms with Crippen molar-refractivity contribution in [2.24, 2.45) is 0 Å². The highest BCUT2D eigenvalue weighted by Gasteiger charge is 2.51. The molecule has 3 aromatic rings. The van der Waals surface area contributed by atoms with Crippen LogP contribution in [0.5, 0.6) is 17.2 Å². The number of hydrogen-bond donors (Lipinski definition) is 0. The molecule has 0 radical (unpaired) electrons. The Bertz CT molecular complexity index is 1380. The Morgan fingerprint density at radius 2 is 0.574 bits per heavy atom. The number of benzene rings is 3. The van der Waals surface area contributed by atoms with E-state index < -0.39 is 5.59 Å². The zero-order chi connectivity index (χ0) is 36.2. The molecule has 0 bridgehead atoms. The smallest absolute Gasteiger partial charge is 0.265 e. The summed E-state index contributed by atoms with van der Waals surface area (Å²) in [6.45, 7) is 40.4. The van der Waals surface area contributed by atoms with Gasteiger partial charge in [0.05, 0.1) is 0 Å².